The molecular formula is C44H86N4O3. The van der Waals surface area contributed by atoms with Crippen LogP contribution in [-0.2, 0) is 14.2 Å². The van der Waals surface area contributed by atoms with Gasteiger partial charge in [0.15, 0.2) is 0 Å². The van der Waals surface area contributed by atoms with Crippen LogP contribution in [0.3, 0.4) is 0 Å². The molecule has 7 heteroatoms. The van der Waals surface area contributed by atoms with Gasteiger partial charge in [0, 0.05) is 25.2 Å². The lowest BCUT2D eigenvalue weighted by atomic mass is 9.43. The van der Waals surface area contributed by atoms with Crippen LogP contribution in [0.25, 0.3) is 0 Å². The van der Waals surface area contributed by atoms with Gasteiger partial charge in [-0.05, 0) is 157 Å². The third-order valence-corrected chi connectivity index (χ3v) is 15.0. The lowest BCUT2D eigenvalue weighted by molar-refractivity contribution is -0.227. The Bertz CT molecular complexity index is 925. The molecule has 0 saturated heterocycles. The minimum absolute atomic E-state index is 0.181. The zero-order valence-electron chi connectivity index (χ0n) is 34.2. The predicted molar refractivity (Wildman–Crippen MR) is 215 cm³/mol. The molecule has 11 atom stereocenters. The number of rotatable bonds is 27. The summed E-state index contributed by atoms with van der Waals surface area (Å²) in [6, 6.07) is 0. The maximum atomic E-state index is 7.05. The summed E-state index contributed by atoms with van der Waals surface area (Å²) in [6.45, 7) is 17.0. The highest BCUT2D eigenvalue weighted by atomic mass is 16.5. The van der Waals surface area contributed by atoms with Gasteiger partial charge < -0.3 is 36.7 Å². The molecule has 0 radical (unpaired) electrons. The fourth-order valence-electron chi connectivity index (χ4n) is 12.0. The van der Waals surface area contributed by atoms with E-state index in [-0.39, 0.29) is 5.41 Å². The predicted octanol–water partition coefficient (Wildman–Crippen LogP) is 8.60. The van der Waals surface area contributed by atoms with Gasteiger partial charge in [-0.3, -0.25) is 0 Å². The van der Waals surface area contributed by atoms with E-state index in [1.54, 1.807) is 0 Å². The van der Waals surface area contributed by atoms with Gasteiger partial charge in [0.25, 0.3) is 0 Å². The van der Waals surface area contributed by atoms with Gasteiger partial charge in [-0.2, -0.15) is 0 Å². The van der Waals surface area contributed by atoms with Gasteiger partial charge in [-0.25, -0.2) is 0 Å². The van der Waals surface area contributed by atoms with E-state index >= 15 is 0 Å². The fraction of sp³-hybridized carbons (Fsp3) is 1.00. The molecule has 4 aliphatic carbocycles. The standard InChI is InChI=1S/C44H86N4O3/c1-5-6-7-8-9-10-11-12-13-26-48-27-14-18-34(2)37-19-20-38-42-39(33-41(44(37,38)4)51-30-17-25-47)43(3)22-21-36(49-28-15-23-45)31-35(43)32-40(42)50-29-16-24-46/h34-42,48H,5-33,45-47H2,1-4H3/t34-,35?,36-,37-,38?,39+,40-,41+,42?,43?,44?/m1/s1. The molecule has 0 aromatic rings. The van der Waals surface area contributed by atoms with Crippen LogP contribution in [-0.4, -0.2) is 70.9 Å². The number of nitrogens with two attached hydrogens (primary N) is 3. The van der Waals surface area contributed by atoms with Crippen molar-refractivity contribution in [3.05, 3.63) is 0 Å². The maximum absolute atomic E-state index is 7.05. The molecule has 0 heterocycles. The van der Waals surface area contributed by atoms with E-state index in [2.05, 4.69) is 33.0 Å². The second-order valence-corrected chi connectivity index (χ2v) is 18.2. The Hall–Kier alpha value is -0.280. The summed E-state index contributed by atoms with van der Waals surface area (Å²) >= 11 is 0. The smallest absolute Gasteiger partial charge is 0.0637 e. The summed E-state index contributed by atoms with van der Waals surface area (Å²) in [5, 5.41) is 3.80. The molecule has 0 aromatic heterocycles. The zero-order valence-corrected chi connectivity index (χ0v) is 34.2. The Kier molecular flexibility index (Phi) is 19.5. The van der Waals surface area contributed by atoms with Crippen LogP contribution >= 0.6 is 0 Å². The zero-order chi connectivity index (χ0) is 36.5. The van der Waals surface area contributed by atoms with Gasteiger partial charge in [-0.15, -0.1) is 0 Å². The minimum Gasteiger partial charge on any atom is -0.378 e. The molecule has 4 aliphatic rings. The van der Waals surface area contributed by atoms with Crippen LogP contribution < -0.4 is 22.5 Å². The second kappa shape index (κ2) is 22.9. The van der Waals surface area contributed by atoms with E-state index in [1.807, 2.05) is 0 Å². The number of fused-ring (bicyclic) bond motifs is 5. The maximum Gasteiger partial charge on any atom is 0.0637 e. The van der Waals surface area contributed by atoms with Crippen molar-refractivity contribution in [3.63, 3.8) is 0 Å². The Morgan fingerprint density at radius 2 is 1.29 bits per heavy atom. The van der Waals surface area contributed by atoms with E-state index in [1.165, 1.54) is 116 Å². The largest absolute Gasteiger partial charge is 0.378 e. The molecule has 0 aliphatic heterocycles. The third-order valence-electron chi connectivity index (χ3n) is 15.0. The van der Waals surface area contributed by atoms with E-state index in [4.69, 9.17) is 31.4 Å². The van der Waals surface area contributed by atoms with Crippen molar-refractivity contribution in [1.29, 1.82) is 0 Å². The van der Waals surface area contributed by atoms with E-state index in [9.17, 15) is 0 Å². The average Bonchev–Trinajstić information content (AvgIpc) is 3.49. The summed E-state index contributed by atoms with van der Waals surface area (Å²) in [5.41, 5.74) is 18.3. The highest BCUT2D eigenvalue weighted by Crippen LogP contribution is 2.69. The molecule has 300 valence electrons. The van der Waals surface area contributed by atoms with Crippen molar-refractivity contribution >= 4 is 0 Å². The third kappa shape index (κ3) is 11.6. The first-order valence-corrected chi connectivity index (χ1v) is 22.5. The molecule has 0 bridgehead atoms. The summed E-state index contributed by atoms with van der Waals surface area (Å²) < 4.78 is 20.4. The van der Waals surface area contributed by atoms with Crippen molar-refractivity contribution in [2.24, 2.45) is 63.5 Å². The van der Waals surface area contributed by atoms with Gasteiger partial charge in [0.2, 0.25) is 0 Å². The SMILES string of the molecule is CCCCCCCCCCCNCCC[C@@H](C)[C@H]1CCC2C3[C@H](OCCCN)CC4C[C@H](OCCCN)CCC4(C)[C@H]3C[C@H](OCCCN)C21C. The molecule has 0 amide bonds. The summed E-state index contributed by atoms with van der Waals surface area (Å²) in [7, 11) is 0. The summed E-state index contributed by atoms with van der Waals surface area (Å²) in [6.07, 6.45) is 27.6. The molecule has 4 saturated carbocycles. The Balaban J connectivity index is 1.38. The topological polar surface area (TPSA) is 118 Å². The van der Waals surface area contributed by atoms with Crippen LogP contribution in [0.1, 0.15) is 163 Å². The molecular weight excluding hydrogens is 633 g/mol. The normalized spacial score (nSPS) is 35.4. The van der Waals surface area contributed by atoms with Crippen LogP contribution in [0.2, 0.25) is 0 Å². The van der Waals surface area contributed by atoms with E-state index in [0.717, 1.165) is 52.0 Å². The van der Waals surface area contributed by atoms with Crippen LogP contribution in [0.5, 0.6) is 0 Å². The first-order chi connectivity index (χ1) is 24.8. The molecule has 4 fully saturated rings. The number of nitrogens with one attached hydrogen (secondary N) is 1. The highest BCUT2D eigenvalue weighted by molar-refractivity contribution is 5.15. The lowest BCUT2D eigenvalue weighted by Crippen LogP contribution is -2.63. The first kappa shape index (κ1) is 43.4. The van der Waals surface area contributed by atoms with Crippen molar-refractivity contribution in [2.75, 3.05) is 52.5 Å². The van der Waals surface area contributed by atoms with Crippen molar-refractivity contribution in [2.45, 2.75) is 181 Å². The molecule has 51 heavy (non-hydrogen) atoms. The number of ether oxygens (including phenoxy) is 3. The number of hydrogen-bond acceptors (Lipinski definition) is 7. The van der Waals surface area contributed by atoms with Crippen molar-refractivity contribution in [3.8, 4) is 0 Å². The van der Waals surface area contributed by atoms with Gasteiger partial charge in [0.05, 0.1) is 18.3 Å². The monoisotopic (exact) mass is 719 g/mol. The fourth-order valence-corrected chi connectivity index (χ4v) is 12.0. The van der Waals surface area contributed by atoms with E-state index < -0.39 is 0 Å². The quantitative estimate of drug-likeness (QED) is 0.0629. The average molecular weight is 719 g/mol. The van der Waals surface area contributed by atoms with E-state index in [0.29, 0.717) is 78.9 Å². The highest BCUT2D eigenvalue weighted by Gasteiger charge is 2.66. The Labute approximate surface area is 315 Å². The van der Waals surface area contributed by atoms with Crippen molar-refractivity contribution in [1.82, 2.24) is 5.32 Å². The van der Waals surface area contributed by atoms with Gasteiger partial charge >= 0.3 is 0 Å². The molecule has 0 spiro atoms. The molecule has 4 rings (SSSR count). The second-order valence-electron chi connectivity index (χ2n) is 18.2. The van der Waals surface area contributed by atoms with Gasteiger partial charge in [-0.1, -0.05) is 79.1 Å². The molecule has 7 N–H and O–H groups in total. The first-order valence-electron chi connectivity index (χ1n) is 22.5. The van der Waals surface area contributed by atoms with Crippen molar-refractivity contribution < 1.29 is 14.2 Å². The Morgan fingerprint density at radius 1 is 0.667 bits per heavy atom. The summed E-state index contributed by atoms with van der Waals surface area (Å²) in [4.78, 5) is 0. The Morgan fingerprint density at radius 3 is 1.98 bits per heavy atom. The number of hydrogen-bond donors (Lipinski definition) is 4. The minimum atomic E-state index is 0.181. The molecule has 7 nitrogen and oxygen atoms in total. The summed E-state index contributed by atoms with van der Waals surface area (Å²) in [5.74, 6) is 3.92. The molecule has 5 unspecified atom stereocenters. The van der Waals surface area contributed by atoms with Crippen LogP contribution in [0.15, 0.2) is 0 Å². The van der Waals surface area contributed by atoms with Crippen LogP contribution in [0, 0.1) is 46.3 Å². The van der Waals surface area contributed by atoms with Crippen LogP contribution in [0.4, 0.5) is 0 Å². The lowest BCUT2D eigenvalue weighted by Gasteiger charge is -2.65. The number of unbranched alkanes of at least 4 members (excludes halogenated alkanes) is 8. The molecule has 0 aromatic carbocycles. The van der Waals surface area contributed by atoms with Gasteiger partial charge in [0.1, 0.15) is 0 Å².